The first kappa shape index (κ1) is 9.25. The van der Waals surface area contributed by atoms with Crippen LogP contribution in [0.3, 0.4) is 0 Å². The van der Waals surface area contributed by atoms with Crippen LogP contribution in [0.1, 0.15) is 33.1 Å². The molecule has 2 heteroatoms. The zero-order valence-electron chi connectivity index (χ0n) is 8.02. The van der Waals surface area contributed by atoms with Crippen LogP contribution in [0.5, 0.6) is 0 Å². The molecule has 0 bridgehead atoms. The van der Waals surface area contributed by atoms with Gasteiger partial charge in [-0.05, 0) is 36.5 Å². The van der Waals surface area contributed by atoms with Crippen LogP contribution in [0.15, 0.2) is 0 Å². The van der Waals surface area contributed by atoms with Gasteiger partial charge in [0.05, 0.1) is 0 Å². The van der Waals surface area contributed by atoms with Crippen LogP contribution in [0, 0.1) is 17.3 Å². The van der Waals surface area contributed by atoms with E-state index in [-0.39, 0.29) is 0 Å². The van der Waals surface area contributed by atoms with Crippen molar-refractivity contribution in [2.75, 3.05) is 13.1 Å². The fourth-order valence-electron chi connectivity index (χ4n) is 2.79. The fourth-order valence-corrected chi connectivity index (χ4v) is 4.24. The van der Waals surface area contributed by atoms with E-state index >= 15 is 0 Å². The molecule has 2 aliphatic rings. The standard InChI is InChI=1S/C10H18IN/c1-8(2)9-3-4-10(5-9)6-12(11)7-10/h8-9H,3-7H2,1-2H3. The normalized spacial score (nSPS) is 34.5. The first-order valence-electron chi connectivity index (χ1n) is 5.02. The molecule has 0 amide bonds. The summed E-state index contributed by atoms with van der Waals surface area (Å²) in [5.41, 5.74) is 0.760. The molecule has 1 aliphatic heterocycles. The molecule has 2 rings (SSSR count). The maximum absolute atomic E-state index is 2.45. The Kier molecular flexibility index (Phi) is 2.41. The van der Waals surface area contributed by atoms with Gasteiger partial charge < -0.3 is 0 Å². The number of rotatable bonds is 1. The van der Waals surface area contributed by atoms with Gasteiger partial charge in [-0.25, -0.2) is 3.11 Å². The Morgan fingerprint density at radius 3 is 2.50 bits per heavy atom. The molecule has 1 saturated carbocycles. The van der Waals surface area contributed by atoms with Gasteiger partial charge in [0.2, 0.25) is 0 Å². The van der Waals surface area contributed by atoms with E-state index in [0.717, 1.165) is 17.3 Å². The highest BCUT2D eigenvalue weighted by molar-refractivity contribution is 14.1. The lowest BCUT2D eigenvalue weighted by Gasteiger charge is -2.45. The van der Waals surface area contributed by atoms with Gasteiger partial charge >= 0.3 is 0 Å². The molecule has 0 aromatic heterocycles. The molecule has 1 atom stereocenters. The van der Waals surface area contributed by atoms with E-state index < -0.39 is 0 Å². The van der Waals surface area contributed by atoms with E-state index in [2.05, 4.69) is 39.8 Å². The Balaban J connectivity index is 1.90. The van der Waals surface area contributed by atoms with Crippen molar-refractivity contribution >= 4 is 22.9 Å². The Morgan fingerprint density at radius 1 is 1.42 bits per heavy atom. The fraction of sp³-hybridized carbons (Fsp3) is 1.00. The van der Waals surface area contributed by atoms with Gasteiger partial charge in [0.25, 0.3) is 0 Å². The van der Waals surface area contributed by atoms with Crippen LogP contribution in [0.4, 0.5) is 0 Å². The number of nitrogens with zero attached hydrogens (tertiary/aromatic N) is 1. The molecule has 0 aromatic carbocycles. The highest BCUT2D eigenvalue weighted by Gasteiger charge is 2.47. The maximum atomic E-state index is 2.45. The van der Waals surface area contributed by atoms with E-state index in [4.69, 9.17) is 0 Å². The average Bonchev–Trinajstić information content (AvgIpc) is 2.31. The van der Waals surface area contributed by atoms with Gasteiger partial charge in [-0.2, -0.15) is 0 Å². The van der Waals surface area contributed by atoms with Crippen molar-refractivity contribution < 1.29 is 0 Å². The second-order valence-electron chi connectivity index (χ2n) is 5.03. The lowest BCUT2D eigenvalue weighted by atomic mass is 9.78. The first-order chi connectivity index (χ1) is 5.61. The van der Waals surface area contributed by atoms with Gasteiger partial charge in [-0.3, -0.25) is 0 Å². The molecule has 70 valence electrons. The predicted octanol–water partition coefficient (Wildman–Crippen LogP) is 3.09. The summed E-state index contributed by atoms with van der Waals surface area (Å²) >= 11 is 2.45. The summed E-state index contributed by atoms with van der Waals surface area (Å²) < 4.78 is 2.43. The van der Waals surface area contributed by atoms with E-state index in [0.29, 0.717) is 0 Å². The smallest absolute Gasteiger partial charge is 0.0201 e. The summed E-state index contributed by atoms with van der Waals surface area (Å²) in [6.45, 7) is 7.47. The van der Waals surface area contributed by atoms with Crippen molar-refractivity contribution in [1.82, 2.24) is 3.11 Å². The molecule has 0 N–H and O–H groups in total. The second kappa shape index (κ2) is 3.12. The quantitative estimate of drug-likeness (QED) is 0.526. The lowest BCUT2D eigenvalue weighted by molar-refractivity contribution is 0.0952. The van der Waals surface area contributed by atoms with Gasteiger partial charge in [0, 0.05) is 36.0 Å². The monoisotopic (exact) mass is 279 g/mol. The molecule has 1 heterocycles. The third kappa shape index (κ3) is 1.52. The minimum absolute atomic E-state index is 0.760. The molecule has 1 spiro atoms. The van der Waals surface area contributed by atoms with Crippen LogP contribution < -0.4 is 0 Å². The SMILES string of the molecule is CC(C)C1CCC2(C1)CN(I)C2. The molecule has 1 aliphatic carbocycles. The number of hydrogen-bond acceptors (Lipinski definition) is 1. The van der Waals surface area contributed by atoms with E-state index in [9.17, 15) is 0 Å². The van der Waals surface area contributed by atoms with Gasteiger partial charge in [-0.1, -0.05) is 13.8 Å². The minimum Gasteiger partial charge on any atom is -0.246 e. The maximum Gasteiger partial charge on any atom is 0.0201 e. The van der Waals surface area contributed by atoms with Crippen molar-refractivity contribution in [2.24, 2.45) is 17.3 Å². The van der Waals surface area contributed by atoms with Crippen molar-refractivity contribution in [3.8, 4) is 0 Å². The summed E-state index contributed by atoms with van der Waals surface area (Å²) in [7, 11) is 0. The second-order valence-corrected chi connectivity index (χ2v) is 6.39. The summed E-state index contributed by atoms with van der Waals surface area (Å²) in [5, 5.41) is 0. The zero-order chi connectivity index (χ0) is 8.77. The highest BCUT2D eigenvalue weighted by atomic mass is 127. The number of hydrogen-bond donors (Lipinski definition) is 0. The predicted molar refractivity (Wildman–Crippen MR) is 60.2 cm³/mol. The lowest BCUT2D eigenvalue weighted by Crippen LogP contribution is -2.49. The minimum atomic E-state index is 0.760. The average molecular weight is 279 g/mol. The van der Waals surface area contributed by atoms with Crippen LogP contribution >= 0.6 is 22.9 Å². The summed E-state index contributed by atoms with van der Waals surface area (Å²) in [6, 6.07) is 0. The summed E-state index contributed by atoms with van der Waals surface area (Å²) in [5.74, 6) is 1.93. The molecule has 0 radical (unpaired) electrons. The Hall–Kier alpha value is 0.690. The Morgan fingerprint density at radius 2 is 2.08 bits per heavy atom. The largest absolute Gasteiger partial charge is 0.246 e. The molecule has 12 heavy (non-hydrogen) atoms. The van der Waals surface area contributed by atoms with Crippen LogP contribution in [0.25, 0.3) is 0 Å². The molecule has 2 fully saturated rings. The van der Waals surface area contributed by atoms with Crippen molar-refractivity contribution in [1.29, 1.82) is 0 Å². The summed E-state index contributed by atoms with van der Waals surface area (Å²) in [4.78, 5) is 0. The third-order valence-electron chi connectivity index (χ3n) is 3.70. The van der Waals surface area contributed by atoms with Crippen LogP contribution in [0.2, 0.25) is 0 Å². The van der Waals surface area contributed by atoms with Crippen molar-refractivity contribution in [3.05, 3.63) is 0 Å². The van der Waals surface area contributed by atoms with Gasteiger partial charge in [-0.15, -0.1) is 0 Å². The molecule has 1 unspecified atom stereocenters. The first-order valence-corrected chi connectivity index (χ1v) is 5.99. The van der Waals surface area contributed by atoms with Gasteiger partial charge in [0.1, 0.15) is 0 Å². The van der Waals surface area contributed by atoms with Crippen molar-refractivity contribution in [2.45, 2.75) is 33.1 Å². The topological polar surface area (TPSA) is 3.24 Å². The molecule has 0 aromatic rings. The molecular formula is C10H18IN. The van der Waals surface area contributed by atoms with Crippen LogP contribution in [-0.2, 0) is 0 Å². The van der Waals surface area contributed by atoms with Crippen molar-refractivity contribution in [3.63, 3.8) is 0 Å². The molecule has 1 nitrogen and oxygen atoms in total. The molecule has 1 saturated heterocycles. The van der Waals surface area contributed by atoms with E-state index in [1.54, 1.807) is 0 Å². The van der Waals surface area contributed by atoms with E-state index in [1.165, 1.54) is 32.4 Å². The number of halogens is 1. The third-order valence-corrected chi connectivity index (χ3v) is 4.38. The Bertz CT molecular complexity index is 173. The highest BCUT2D eigenvalue weighted by Crippen LogP contribution is 2.50. The summed E-state index contributed by atoms with van der Waals surface area (Å²) in [6.07, 6.45) is 4.49. The molecular weight excluding hydrogens is 261 g/mol. The Labute approximate surface area is 89.4 Å². The zero-order valence-corrected chi connectivity index (χ0v) is 10.2. The van der Waals surface area contributed by atoms with Crippen LogP contribution in [-0.4, -0.2) is 16.2 Å². The van der Waals surface area contributed by atoms with E-state index in [1.807, 2.05) is 0 Å². The van der Waals surface area contributed by atoms with Gasteiger partial charge in [0.15, 0.2) is 0 Å².